The molecule has 2 aromatic rings. The number of hydrogen-bond donors (Lipinski definition) is 2. The van der Waals surface area contributed by atoms with Gasteiger partial charge in [-0.15, -0.1) is 35.3 Å². The zero-order chi connectivity index (χ0) is 16.7. The lowest BCUT2D eigenvalue weighted by Gasteiger charge is -2.11. The fraction of sp³-hybridized carbons (Fsp3) is 0.375. The highest BCUT2D eigenvalue weighted by Crippen LogP contribution is 2.16. The summed E-state index contributed by atoms with van der Waals surface area (Å²) >= 11 is 4.93. The van der Waals surface area contributed by atoms with Crippen LogP contribution in [0.3, 0.4) is 0 Å². The maximum absolute atomic E-state index is 13.7. The molecule has 1 aromatic heterocycles. The summed E-state index contributed by atoms with van der Waals surface area (Å²) in [6.45, 7) is 3.42. The number of aryl methyl sites for hydroxylation is 2. The molecule has 0 fully saturated rings. The van der Waals surface area contributed by atoms with E-state index in [0.717, 1.165) is 34.0 Å². The van der Waals surface area contributed by atoms with E-state index in [4.69, 9.17) is 0 Å². The number of benzene rings is 1. The zero-order valence-corrected chi connectivity index (χ0v) is 18.3. The van der Waals surface area contributed by atoms with E-state index in [1.165, 1.54) is 10.9 Å². The molecular formula is C16H21BrFIN4S. The lowest BCUT2D eigenvalue weighted by Crippen LogP contribution is -2.37. The highest BCUT2D eigenvalue weighted by atomic mass is 127. The van der Waals surface area contributed by atoms with Crippen LogP contribution in [0.1, 0.15) is 21.9 Å². The van der Waals surface area contributed by atoms with Gasteiger partial charge in [0.1, 0.15) is 5.82 Å². The molecule has 0 atom stereocenters. The Balaban J connectivity index is 0.00000288. The first kappa shape index (κ1) is 21.3. The molecule has 1 heterocycles. The van der Waals surface area contributed by atoms with Gasteiger partial charge < -0.3 is 10.6 Å². The molecule has 0 spiro atoms. The molecule has 132 valence electrons. The van der Waals surface area contributed by atoms with Gasteiger partial charge in [0.05, 0.1) is 11.6 Å². The van der Waals surface area contributed by atoms with E-state index in [9.17, 15) is 4.39 Å². The summed E-state index contributed by atoms with van der Waals surface area (Å²) in [6, 6.07) is 5.18. The van der Waals surface area contributed by atoms with E-state index in [0.29, 0.717) is 13.0 Å². The Morgan fingerprint density at radius 3 is 2.79 bits per heavy atom. The largest absolute Gasteiger partial charge is 0.356 e. The fourth-order valence-corrected chi connectivity index (χ4v) is 3.16. The number of nitrogens with one attached hydrogen (secondary N) is 2. The molecule has 2 rings (SSSR count). The second-order valence-electron chi connectivity index (χ2n) is 5.04. The van der Waals surface area contributed by atoms with Crippen LogP contribution < -0.4 is 10.6 Å². The molecule has 0 saturated heterocycles. The summed E-state index contributed by atoms with van der Waals surface area (Å²) in [5, 5.41) is 7.54. The van der Waals surface area contributed by atoms with Crippen LogP contribution in [0.25, 0.3) is 0 Å². The molecule has 0 radical (unpaired) electrons. The highest BCUT2D eigenvalue weighted by Gasteiger charge is 2.04. The molecule has 0 bridgehead atoms. The third kappa shape index (κ3) is 7.02. The molecule has 0 amide bonds. The Morgan fingerprint density at radius 2 is 2.17 bits per heavy atom. The van der Waals surface area contributed by atoms with Crippen molar-refractivity contribution in [2.24, 2.45) is 4.99 Å². The van der Waals surface area contributed by atoms with E-state index in [1.807, 2.05) is 25.3 Å². The van der Waals surface area contributed by atoms with Crippen molar-refractivity contribution in [1.82, 2.24) is 15.6 Å². The highest BCUT2D eigenvalue weighted by molar-refractivity contribution is 14.0. The Labute approximate surface area is 171 Å². The van der Waals surface area contributed by atoms with Crippen molar-refractivity contribution in [3.05, 3.63) is 50.1 Å². The first-order valence-corrected chi connectivity index (χ1v) is 8.99. The molecule has 24 heavy (non-hydrogen) atoms. The monoisotopic (exact) mass is 526 g/mol. The van der Waals surface area contributed by atoms with Crippen LogP contribution >= 0.6 is 51.2 Å². The minimum absolute atomic E-state index is 0. The average Bonchev–Trinajstić information content (AvgIpc) is 2.94. The van der Waals surface area contributed by atoms with Crippen LogP contribution in [0.5, 0.6) is 0 Å². The molecule has 4 nitrogen and oxygen atoms in total. The van der Waals surface area contributed by atoms with Crippen LogP contribution in [-0.4, -0.2) is 24.5 Å². The minimum Gasteiger partial charge on any atom is -0.356 e. The van der Waals surface area contributed by atoms with Crippen LogP contribution in [0, 0.1) is 12.7 Å². The predicted molar refractivity (Wildman–Crippen MR) is 113 cm³/mol. The number of nitrogens with zero attached hydrogens (tertiary/aromatic N) is 2. The van der Waals surface area contributed by atoms with Crippen molar-refractivity contribution < 1.29 is 4.39 Å². The molecular weight excluding hydrogens is 506 g/mol. The SMILES string of the molecule is CN=C(NCCCc1ccc(Br)cc1F)NCc1cnc(C)s1.I. The van der Waals surface area contributed by atoms with E-state index >= 15 is 0 Å². The Kier molecular flexibility index (Phi) is 9.75. The number of hydrogen-bond acceptors (Lipinski definition) is 3. The van der Waals surface area contributed by atoms with Crippen LogP contribution in [0.15, 0.2) is 33.9 Å². The van der Waals surface area contributed by atoms with Gasteiger partial charge in [0, 0.05) is 29.1 Å². The van der Waals surface area contributed by atoms with E-state index in [-0.39, 0.29) is 29.8 Å². The molecule has 1 aromatic carbocycles. The number of guanidine groups is 1. The average molecular weight is 527 g/mol. The first-order valence-electron chi connectivity index (χ1n) is 7.38. The second kappa shape index (κ2) is 11.0. The summed E-state index contributed by atoms with van der Waals surface area (Å²) in [6.07, 6.45) is 3.40. The predicted octanol–water partition coefficient (Wildman–Crippen LogP) is 4.27. The van der Waals surface area contributed by atoms with Crippen molar-refractivity contribution in [1.29, 1.82) is 0 Å². The van der Waals surface area contributed by atoms with Crippen molar-refractivity contribution >= 4 is 57.2 Å². The van der Waals surface area contributed by atoms with Gasteiger partial charge in [-0.2, -0.15) is 0 Å². The molecule has 0 aliphatic rings. The molecule has 8 heteroatoms. The normalized spacial score (nSPS) is 11.1. The van der Waals surface area contributed by atoms with Crippen LogP contribution in [-0.2, 0) is 13.0 Å². The number of aromatic nitrogens is 1. The third-order valence-electron chi connectivity index (χ3n) is 3.25. The molecule has 2 N–H and O–H groups in total. The van der Waals surface area contributed by atoms with Gasteiger partial charge in [0.25, 0.3) is 0 Å². The standard InChI is InChI=1S/C16H20BrFN4S.HI/c1-11-21-9-14(23-11)10-22-16(19-2)20-7-3-4-12-5-6-13(17)8-15(12)18;/h5-6,8-9H,3-4,7,10H2,1-2H3,(H2,19,20,22);1H. The summed E-state index contributed by atoms with van der Waals surface area (Å²) in [5.74, 6) is 0.578. The van der Waals surface area contributed by atoms with Crippen molar-refractivity contribution in [3.63, 3.8) is 0 Å². The van der Waals surface area contributed by atoms with Gasteiger partial charge in [0.2, 0.25) is 0 Å². The number of halogens is 3. The van der Waals surface area contributed by atoms with E-state index < -0.39 is 0 Å². The molecule has 0 aliphatic carbocycles. The maximum atomic E-state index is 13.7. The second-order valence-corrected chi connectivity index (χ2v) is 7.27. The van der Waals surface area contributed by atoms with Gasteiger partial charge in [-0.25, -0.2) is 9.37 Å². The quantitative estimate of drug-likeness (QED) is 0.256. The Morgan fingerprint density at radius 1 is 1.38 bits per heavy atom. The zero-order valence-electron chi connectivity index (χ0n) is 13.6. The Bertz CT molecular complexity index is 678. The summed E-state index contributed by atoms with van der Waals surface area (Å²) in [4.78, 5) is 9.57. The summed E-state index contributed by atoms with van der Waals surface area (Å²) in [5.41, 5.74) is 0.734. The lowest BCUT2D eigenvalue weighted by molar-refractivity contribution is 0.602. The van der Waals surface area contributed by atoms with Crippen molar-refractivity contribution in [2.75, 3.05) is 13.6 Å². The lowest BCUT2D eigenvalue weighted by atomic mass is 10.1. The topological polar surface area (TPSA) is 49.3 Å². The molecule has 0 unspecified atom stereocenters. The minimum atomic E-state index is -0.164. The number of aliphatic imine (C=N–C) groups is 1. The fourth-order valence-electron chi connectivity index (χ4n) is 2.09. The van der Waals surface area contributed by atoms with Gasteiger partial charge in [-0.3, -0.25) is 4.99 Å². The third-order valence-corrected chi connectivity index (χ3v) is 4.66. The van der Waals surface area contributed by atoms with E-state index in [2.05, 4.69) is 36.5 Å². The van der Waals surface area contributed by atoms with Crippen LogP contribution in [0.2, 0.25) is 0 Å². The smallest absolute Gasteiger partial charge is 0.191 e. The van der Waals surface area contributed by atoms with Crippen molar-refractivity contribution in [3.8, 4) is 0 Å². The van der Waals surface area contributed by atoms with Gasteiger partial charge >= 0.3 is 0 Å². The molecule has 0 aliphatic heterocycles. The maximum Gasteiger partial charge on any atom is 0.191 e. The number of thiazole rings is 1. The van der Waals surface area contributed by atoms with Gasteiger partial charge in [0.15, 0.2) is 5.96 Å². The summed E-state index contributed by atoms with van der Waals surface area (Å²) < 4.78 is 14.5. The van der Waals surface area contributed by atoms with Gasteiger partial charge in [-0.05, 0) is 37.5 Å². The molecule has 0 saturated carbocycles. The number of rotatable bonds is 6. The van der Waals surface area contributed by atoms with Crippen LogP contribution in [0.4, 0.5) is 4.39 Å². The van der Waals surface area contributed by atoms with Crippen molar-refractivity contribution in [2.45, 2.75) is 26.3 Å². The summed E-state index contributed by atoms with van der Waals surface area (Å²) in [7, 11) is 1.74. The van der Waals surface area contributed by atoms with Gasteiger partial charge in [-0.1, -0.05) is 22.0 Å². The van der Waals surface area contributed by atoms with E-state index in [1.54, 1.807) is 18.4 Å². The first-order chi connectivity index (χ1) is 11.1. The Hall–Kier alpha value is -0.740.